The predicted molar refractivity (Wildman–Crippen MR) is 131 cm³/mol. The number of benzene rings is 2. The molecule has 34 heavy (non-hydrogen) atoms. The lowest BCUT2D eigenvalue weighted by atomic mass is 10.1. The fraction of sp³-hybridized carbons (Fsp3) is 0.231. The number of piperazine rings is 1. The SMILES string of the molecule is O=C(CNCC(=O)N1CCN(c2ccccc2C(=O)Nc2ccncc2)CC1)c1ccccc1. The molecule has 8 heteroatoms. The van der Waals surface area contributed by atoms with Crippen molar-refractivity contribution in [3.63, 3.8) is 0 Å². The first kappa shape index (κ1) is 23.1. The highest BCUT2D eigenvalue weighted by Gasteiger charge is 2.24. The van der Waals surface area contributed by atoms with E-state index in [1.165, 1.54) is 0 Å². The van der Waals surface area contributed by atoms with Crippen LogP contribution < -0.4 is 15.5 Å². The van der Waals surface area contributed by atoms with Crippen LogP contribution in [0.25, 0.3) is 0 Å². The Bertz CT molecular complexity index is 1130. The summed E-state index contributed by atoms with van der Waals surface area (Å²) in [5.41, 5.74) is 2.74. The molecule has 2 N–H and O–H groups in total. The van der Waals surface area contributed by atoms with Crippen LogP contribution in [0.2, 0.25) is 0 Å². The molecule has 1 aromatic heterocycles. The average molecular weight is 458 g/mol. The summed E-state index contributed by atoms with van der Waals surface area (Å²) in [5, 5.41) is 5.86. The van der Waals surface area contributed by atoms with Gasteiger partial charge in [0.15, 0.2) is 5.78 Å². The summed E-state index contributed by atoms with van der Waals surface area (Å²) in [6.45, 7) is 2.57. The molecule has 0 bridgehead atoms. The van der Waals surface area contributed by atoms with E-state index in [0.29, 0.717) is 43.0 Å². The van der Waals surface area contributed by atoms with Gasteiger partial charge >= 0.3 is 0 Å². The molecule has 4 rings (SSSR count). The number of aromatic nitrogens is 1. The molecule has 0 spiro atoms. The van der Waals surface area contributed by atoms with Gasteiger partial charge in [-0.1, -0.05) is 42.5 Å². The van der Waals surface area contributed by atoms with Crippen LogP contribution in [0.15, 0.2) is 79.1 Å². The van der Waals surface area contributed by atoms with Gasteiger partial charge in [0.05, 0.1) is 18.7 Å². The molecule has 1 saturated heterocycles. The van der Waals surface area contributed by atoms with E-state index in [9.17, 15) is 14.4 Å². The third-order valence-corrected chi connectivity index (χ3v) is 5.72. The minimum atomic E-state index is -0.187. The standard InChI is InChI=1S/C26H27N5O3/c32-24(20-6-2-1-3-7-20)18-28-19-25(33)31-16-14-30(15-17-31)23-9-5-4-8-22(23)26(34)29-21-10-12-27-13-11-21/h1-13,28H,14-19H2,(H,27,29,34). The van der Waals surface area contributed by atoms with Crippen molar-refractivity contribution < 1.29 is 14.4 Å². The molecule has 3 aromatic rings. The number of amides is 2. The molecule has 174 valence electrons. The maximum absolute atomic E-state index is 12.9. The normalized spacial score (nSPS) is 13.4. The number of carbonyl (C=O) groups is 3. The average Bonchev–Trinajstić information content (AvgIpc) is 2.89. The Balaban J connectivity index is 1.28. The third kappa shape index (κ3) is 5.85. The van der Waals surface area contributed by atoms with E-state index < -0.39 is 0 Å². The van der Waals surface area contributed by atoms with Gasteiger partial charge in [0.1, 0.15) is 0 Å². The van der Waals surface area contributed by atoms with Crippen LogP contribution in [0.1, 0.15) is 20.7 Å². The van der Waals surface area contributed by atoms with Crippen LogP contribution >= 0.6 is 0 Å². The highest BCUT2D eigenvalue weighted by atomic mass is 16.2. The molecule has 0 radical (unpaired) electrons. The molecule has 0 unspecified atom stereocenters. The quantitative estimate of drug-likeness (QED) is 0.505. The zero-order chi connectivity index (χ0) is 23.8. The highest BCUT2D eigenvalue weighted by molar-refractivity contribution is 6.08. The van der Waals surface area contributed by atoms with Crippen LogP contribution in [0.5, 0.6) is 0 Å². The van der Waals surface area contributed by atoms with Crippen LogP contribution in [0, 0.1) is 0 Å². The summed E-state index contributed by atoms with van der Waals surface area (Å²) in [5.74, 6) is -0.267. The molecule has 2 amide bonds. The van der Waals surface area contributed by atoms with Crippen molar-refractivity contribution in [2.45, 2.75) is 0 Å². The summed E-state index contributed by atoms with van der Waals surface area (Å²) in [7, 11) is 0. The largest absolute Gasteiger partial charge is 0.367 e. The third-order valence-electron chi connectivity index (χ3n) is 5.72. The second kappa shape index (κ2) is 11.2. The summed E-state index contributed by atoms with van der Waals surface area (Å²) in [6.07, 6.45) is 3.26. The minimum absolute atomic E-state index is 0.0378. The zero-order valence-corrected chi connectivity index (χ0v) is 18.8. The van der Waals surface area contributed by atoms with Crippen LogP contribution in [-0.2, 0) is 4.79 Å². The van der Waals surface area contributed by atoms with Gasteiger partial charge in [-0.3, -0.25) is 19.4 Å². The number of rotatable bonds is 8. The number of para-hydroxylation sites is 1. The zero-order valence-electron chi connectivity index (χ0n) is 18.8. The van der Waals surface area contributed by atoms with E-state index >= 15 is 0 Å². The van der Waals surface area contributed by atoms with E-state index in [1.54, 1.807) is 47.6 Å². The lowest BCUT2D eigenvalue weighted by Gasteiger charge is -2.37. The number of hydrogen-bond donors (Lipinski definition) is 2. The topological polar surface area (TPSA) is 94.6 Å². The number of pyridine rings is 1. The van der Waals surface area contributed by atoms with E-state index in [2.05, 4.69) is 20.5 Å². The number of hydrogen-bond acceptors (Lipinski definition) is 6. The van der Waals surface area contributed by atoms with Crippen LogP contribution in [0.3, 0.4) is 0 Å². The molecule has 1 aliphatic rings. The van der Waals surface area contributed by atoms with Crippen molar-refractivity contribution in [3.8, 4) is 0 Å². The molecule has 2 heterocycles. The van der Waals surface area contributed by atoms with Gasteiger partial charge in [0, 0.05) is 55.5 Å². The van der Waals surface area contributed by atoms with Gasteiger partial charge in [-0.05, 0) is 24.3 Å². The second-order valence-corrected chi connectivity index (χ2v) is 7.97. The van der Waals surface area contributed by atoms with E-state index in [0.717, 1.165) is 5.69 Å². The Kier molecular flexibility index (Phi) is 7.62. The van der Waals surface area contributed by atoms with Gasteiger partial charge in [-0.15, -0.1) is 0 Å². The highest BCUT2D eigenvalue weighted by Crippen LogP contribution is 2.23. The number of anilines is 2. The summed E-state index contributed by atoms with van der Waals surface area (Å²) >= 11 is 0. The smallest absolute Gasteiger partial charge is 0.257 e. The molecule has 8 nitrogen and oxygen atoms in total. The molecule has 2 aromatic carbocycles. The summed E-state index contributed by atoms with van der Waals surface area (Å²) < 4.78 is 0. The van der Waals surface area contributed by atoms with Gasteiger partial charge < -0.3 is 20.4 Å². The molecule has 0 atom stereocenters. The van der Waals surface area contributed by atoms with Crippen molar-refractivity contribution in [1.82, 2.24) is 15.2 Å². The first-order valence-electron chi connectivity index (χ1n) is 11.2. The Morgan fingerprint density at radius 3 is 2.21 bits per heavy atom. The first-order valence-corrected chi connectivity index (χ1v) is 11.2. The molecule has 0 saturated carbocycles. The van der Waals surface area contributed by atoms with Crippen molar-refractivity contribution in [1.29, 1.82) is 0 Å². The van der Waals surface area contributed by atoms with Crippen LogP contribution in [0.4, 0.5) is 11.4 Å². The molecular weight excluding hydrogens is 430 g/mol. The summed E-state index contributed by atoms with van der Waals surface area (Å²) in [4.78, 5) is 45.5. The molecular formula is C26H27N5O3. The lowest BCUT2D eigenvalue weighted by molar-refractivity contribution is -0.130. The van der Waals surface area contributed by atoms with Gasteiger partial charge in [0.25, 0.3) is 5.91 Å². The number of Topliss-reactive ketones (excluding diaryl/α,β-unsaturated/α-hetero) is 1. The fourth-order valence-electron chi connectivity index (χ4n) is 3.89. The van der Waals surface area contributed by atoms with Gasteiger partial charge in [-0.25, -0.2) is 0 Å². The van der Waals surface area contributed by atoms with E-state index in [4.69, 9.17) is 0 Å². The fourth-order valence-corrected chi connectivity index (χ4v) is 3.89. The van der Waals surface area contributed by atoms with Crippen molar-refractivity contribution in [2.75, 3.05) is 49.5 Å². The van der Waals surface area contributed by atoms with Crippen molar-refractivity contribution >= 4 is 29.0 Å². The Morgan fingerprint density at radius 1 is 0.794 bits per heavy atom. The first-order chi connectivity index (χ1) is 16.6. The van der Waals surface area contributed by atoms with Gasteiger partial charge in [-0.2, -0.15) is 0 Å². The monoisotopic (exact) mass is 457 g/mol. The Hall–Kier alpha value is -4.04. The Morgan fingerprint density at radius 2 is 1.47 bits per heavy atom. The number of carbonyl (C=O) groups excluding carboxylic acids is 3. The molecule has 1 fully saturated rings. The van der Waals surface area contributed by atoms with Crippen LogP contribution in [-0.4, -0.2) is 66.8 Å². The number of ketones is 1. The number of nitrogens with zero attached hydrogens (tertiary/aromatic N) is 3. The van der Waals surface area contributed by atoms with E-state index in [1.807, 2.05) is 36.4 Å². The predicted octanol–water partition coefficient (Wildman–Crippen LogP) is 2.45. The molecule has 1 aliphatic heterocycles. The maximum Gasteiger partial charge on any atom is 0.257 e. The molecule has 0 aliphatic carbocycles. The second-order valence-electron chi connectivity index (χ2n) is 7.97. The minimum Gasteiger partial charge on any atom is -0.367 e. The number of nitrogens with one attached hydrogen (secondary N) is 2. The lowest BCUT2D eigenvalue weighted by Crippen LogP contribution is -2.51. The maximum atomic E-state index is 12.9. The summed E-state index contributed by atoms with van der Waals surface area (Å²) in [6, 6.07) is 20.0. The van der Waals surface area contributed by atoms with E-state index in [-0.39, 0.29) is 30.7 Å². The van der Waals surface area contributed by atoms with Crippen molar-refractivity contribution in [2.24, 2.45) is 0 Å². The van der Waals surface area contributed by atoms with Crippen molar-refractivity contribution in [3.05, 3.63) is 90.3 Å². The van der Waals surface area contributed by atoms with Gasteiger partial charge in [0.2, 0.25) is 5.91 Å². The Labute approximate surface area is 198 Å².